The van der Waals surface area contributed by atoms with E-state index in [2.05, 4.69) is 0 Å². The molecule has 4 rings (SSSR count). The van der Waals surface area contributed by atoms with Gasteiger partial charge in [-0.3, -0.25) is 19.3 Å². The van der Waals surface area contributed by atoms with Crippen molar-refractivity contribution in [3.8, 4) is 0 Å². The Bertz CT molecular complexity index is 1010. The Hall–Kier alpha value is -3.15. The van der Waals surface area contributed by atoms with Crippen LogP contribution in [0.3, 0.4) is 0 Å². The molecule has 0 saturated heterocycles. The molecule has 2 aromatic carbocycles. The van der Waals surface area contributed by atoms with Crippen molar-refractivity contribution in [3.63, 3.8) is 0 Å². The molecule has 0 spiro atoms. The van der Waals surface area contributed by atoms with Gasteiger partial charge in [0.1, 0.15) is 0 Å². The summed E-state index contributed by atoms with van der Waals surface area (Å²) in [7, 11) is 5.72. The SMILES string of the molecule is CN(Cc1ccc(N(C)C)cc1)C(=O)c1ccc2c(c1)C(=O)N(C1CCCCC1)C2=O. The number of imide groups is 1. The van der Waals surface area contributed by atoms with Crippen LogP contribution in [0.25, 0.3) is 0 Å². The van der Waals surface area contributed by atoms with Gasteiger partial charge < -0.3 is 9.80 Å². The first-order valence-corrected chi connectivity index (χ1v) is 10.9. The molecule has 1 aliphatic carbocycles. The van der Waals surface area contributed by atoms with E-state index in [9.17, 15) is 14.4 Å². The predicted octanol–water partition coefficient (Wildman–Crippen LogP) is 3.95. The summed E-state index contributed by atoms with van der Waals surface area (Å²) >= 11 is 0. The van der Waals surface area contributed by atoms with E-state index in [1.807, 2.05) is 43.3 Å². The van der Waals surface area contributed by atoms with Crippen LogP contribution in [0.2, 0.25) is 0 Å². The molecule has 2 aliphatic rings. The molecule has 1 saturated carbocycles. The summed E-state index contributed by atoms with van der Waals surface area (Å²) in [4.78, 5) is 43.9. The highest BCUT2D eigenvalue weighted by atomic mass is 16.2. The van der Waals surface area contributed by atoms with Crippen LogP contribution in [0.5, 0.6) is 0 Å². The van der Waals surface area contributed by atoms with Gasteiger partial charge in [0.05, 0.1) is 11.1 Å². The first-order chi connectivity index (χ1) is 14.9. The third-order valence-corrected chi connectivity index (χ3v) is 6.32. The van der Waals surface area contributed by atoms with E-state index < -0.39 is 0 Å². The van der Waals surface area contributed by atoms with Gasteiger partial charge in [0.2, 0.25) is 0 Å². The molecule has 0 aromatic heterocycles. The lowest BCUT2D eigenvalue weighted by Gasteiger charge is -2.29. The number of nitrogens with zero attached hydrogens (tertiary/aromatic N) is 3. The normalized spacial score (nSPS) is 16.4. The van der Waals surface area contributed by atoms with Crippen molar-refractivity contribution < 1.29 is 14.4 Å². The highest BCUT2D eigenvalue weighted by Crippen LogP contribution is 2.31. The number of hydrogen-bond donors (Lipinski definition) is 0. The Kier molecular flexibility index (Phi) is 5.81. The Morgan fingerprint density at radius 2 is 1.55 bits per heavy atom. The molecule has 0 bridgehead atoms. The third-order valence-electron chi connectivity index (χ3n) is 6.32. The van der Waals surface area contributed by atoms with Gasteiger partial charge in [0, 0.05) is 45.0 Å². The lowest BCUT2D eigenvalue weighted by Crippen LogP contribution is -2.40. The number of carbonyl (C=O) groups is 3. The molecule has 0 unspecified atom stereocenters. The Morgan fingerprint density at radius 3 is 2.19 bits per heavy atom. The van der Waals surface area contributed by atoms with Crippen molar-refractivity contribution in [1.29, 1.82) is 0 Å². The van der Waals surface area contributed by atoms with E-state index in [1.165, 1.54) is 4.90 Å². The third kappa shape index (κ3) is 4.07. The summed E-state index contributed by atoms with van der Waals surface area (Å²) in [6.07, 6.45) is 4.98. The van der Waals surface area contributed by atoms with E-state index in [0.29, 0.717) is 23.2 Å². The van der Waals surface area contributed by atoms with Gasteiger partial charge in [-0.1, -0.05) is 31.4 Å². The minimum Gasteiger partial charge on any atom is -0.378 e. The fraction of sp³-hybridized carbons (Fsp3) is 0.400. The van der Waals surface area contributed by atoms with Crippen LogP contribution in [0.4, 0.5) is 5.69 Å². The molecular formula is C25H29N3O3. The van der Waals surface area contributed by atoms with E-state index in [4.69, 9.17) is 0 Å². The molecule has 0 atom stereocenters. The fourth-order valence-electron chi connectivity index (χ4n) is 4.53. The molecule has 6 heteroatoms. The van der Waals surface area contributed by atoms with Crippen molar-refractivity contribution in [2.45, 2.75) is 44.7 Å². The predicted molar refractivity (Wildman–Crippen MR) is 120 cm³/mol. The standard InChI is InChI=1S/C25H29N3O3/c1-26(2)19-12-9-17(10-13-19)16-27(3)23(29)18-11-14-21-22(15-18)25(31)28(24(21)30)20-7-5-4-6-8-20/h9-15,20H,4-8,16H2,1-3H3. The molecule has 3 amide bonds. The van der Waals surface area contributed by atoms with Crippen molar-refractivity contribution in [1.82, 2.24) is 9.80 Å². The van der Waals surface area contributed by atoms with Crippen LogP contribution in [-0.2, 0) is 6.54 Å². The molecule has 2 aromatic rings. The summed E-state index contributed by atoms with van der Waals surface area (Å²) in [6, 6.07) is 12.9. The number of fused-ring (bicyclic) bond motifs is 1. The maximum absolute atomic E-state index is 13.0. The zero-order valence-corrected chi connectivity index (χ0v) is 18.4. The summed E-state index contributed by atoms with van der Waals surface area (Å²) in [5.41, 5.74) is 3.32. The average molecular weight is 420 g/mol. The highest BCUT2D eigenvalue weighted by molar-refractivity contribution is 6.22. The van der Waals surface area contributed by atoms with Gasteiger partial charge in [0.15, 0.2) is 0 Å². The van der Waals surface area contributed by atoms with Gasteiger partial charge in [-0.05, 0) is 48.7 Å². The number of hydrogen-bond acceptors (Lipinski definition) is 4. The van der Waals surface area contributed by atoms with Crippen LogP contribution in [0.1, 0.15) is 68.7 Å². The van der Waals surface area contributed by atoms with E-state index in [1.54, 1.807) is 30.1 Å². The van der Waals surface area contributed by atoms with Crippen LogP contribution in [0.15, 0.2) is 42.5 Å². The molecule has 1 fully saturated rings. The number of anilines is 1. The van der Waals surface area contributed by atoms with Gasteiger partial charge in [-0.2, -0.15) is 0 Å². The molecule has 1 aliphatic heterocycles. The number of amides is 3. The monoisotopic (exact) mass is 419 g/mol. The summed E-state index contributed by atoms with van der Waals surface area (Å²) in [5.74, 6) is -0.653. The summed E-state index contributed by atoms with van der Waals surface area (Å²) in [5, 5.41) is 0. The van der Waals surface area contributed by atoms with Crippen LogP contribution in [0, 0.1) is 0 Å². The molecule has 31 heavy (non-hydrogen) atoms. The van der Waals surface area contributed by atoms with Crippen molar-refractivity contribution in [2.24, 2.45) is 0 Å². The second kappa shape index (κ2) is 8.53. The zero-order chi connectivity index (χ0) is 22.1. The van der Waals surface area contributed by atoms with E-state index >= 15 is 0 Å². The number of benzene rings is 2. The van der Waals surface area contributed by atoms with Crippen molar-refractivity contribution in [3.05, 3.63) is 64.7 Å². The maximum atomic E-state index is 13.0. The molecule has 162 valence electrons. The largest absolute Gasteiger partial charge is 0.378 e. The maximum Gasteiger partial charge on any atom is 0.261 e. The average Bonchev–Trinajstić information content (AvgIpc) is 3.03. The minimum absolute atomic E-state index is 0.0203. The van der Waals surface area contributed by atoms with Gasteiger partial charge in [0.25, 0.3) is 17.7 Å². The fourth-order valence-corrected chi connectivity index (χ4v) is 4.53. The highest BCUT2D eigenvalue weighted by Gasteiger charge is 2.40. The molecule has 0 N–H and O–H groups in total. The number of carbonyl (C=O) groups excluding carboxylic acids is 3. The smallest absolute Gasteiger partial charge is 0.261 e. The topological polar surface area (TPSA) is 60.9 Å². The van der Waals surface area contributed by atoms with E-state index in [0.717, 1.165) is 43.4 Å². The molecule has 1 heterocycles. The van der Waals surface area contributed by atoms with Crippen LogP contribution >= 0.6 is 0 Å². The number of rotatable bonds is 5. The van der Waals surface area contributed by atoms with Crippen molar-refractivity contribution >= 4 is 23.4 Å². The summed E-state index contributed by atoms with van der Waals surface area (Å²) in [6.45, 7) is 0.463. The van der Waals surface area contributed by atoms with Gasteiger partial charge >= 0.3 is 0 Å². The van der Waals surface area contributed by atoms with Gasteiger partial charge in [-0.25, -0.2) is 0 Å². The molecule has 6 nitrogen and oxygen atoms in total. The Morgan fingerprint density at radius 1 is 0.903 bits per heavy atom. The van der Waals surface area contributed by atoms with Gasteiger partial charge in [-0.15, -0.1) is 0 Å². The molecular weight excluding hydrogens is 390 g/mol. The van der Waals surface area contributed by atoms with Crippen LogP contribution in [-0.4, -0.2) is 54.7 Å². The second-order valence-electron chi connectivity index (χ2n) is 8.75. The summed E-state index contributed by atoms with van der Waals surface area (Å²) < 4.78 is 0. The Labute approximate surface area is 183 Å². The molecule has 0 radical (unpaired) electrons. The van der Waals surface area contributed by atoms with E-state index in [-0.39, 0.29) is 23.8 Å². The lowest BCUT2D eigenvalue weighted by atomic mass is 9.94. The Balaban J connectivity index is 1.50. The lowest BCUT2D eigenvalue weighted by molar-refractivity contribution is 0.0548. The van der Waals surface area contributed by atoms with Crippen LogP contribution < -0.4 is 4.90 Å². The second-order valence-corrected chi connectivity index (χ2v) is 8.75. The minimum atomic E-state index is -0.261. The first-order valence-electron chi connectivity index (χ1n) is 10.9. The first kappa shape index (κ1) is 21.1. The quantitative estimate of drug-likeness (QED) is 0.689. The zero-order valence-electron chi connectivity index (χ0n) is 18.4. The van der Waals surface area contributed by atoms with Crippen molar-refractivity contribution in [2.75, 3.05) is 26.0 Å².